The zero-order chi connectivity index (χ0) is 13.9. The van der Waals surface area contributed by atoms with E-state index in [4.69, 9.17) is 4.74 Å². The van der Waals surface area contributed by atoms with Crippen LogP contribution in [-0.2, 0) is 4.74 Å². The van der Waals surface area contributed by atoms with Crippen molar-refractivity contribution >= 4 is 0 Å². The maximum absolute atomic E-state index is 13.9. The molecule has 0 radical (unpaired) electrons. The first-order chi connectivity index (χ1) is 9.75. The van der Waals surface area contributed by atoms with Crippen LogP contribution in [0.3, 0.4) is 0 Å². The van der Waals surface area contributed by atoms with E-state index < -0.39 is 11.6 Å². The highest BCUT2D eigenvalue weighted by Crippen LogP contribution is 2.37. The van der Waals surface area contributed by atoms with Gasteiger partial charge in [-0.3, -0.25) is 4.90 Å². The summed E-state index contributed by atoms with van der Waals surface area (Å²) in [5, 5.41) is 0. The monoisotopic (exact) mass is 281 g/mol. The molecule has 2 unspecified atom stereocenters. The normalized spacial score (nSPS) is 28.5. The van der Waals surface area contributed by atoms with Crippen molar-refractivity contribution in [2.75, 3.05) is 26.3 Å². The van der Waals surface area contributed by atoms with Gasteiger partial charge in [0.25, 0.3) is 0 Å². The predicted octanol–water partition coefficient (Wildman–Crippen LogP) is 3.32. The Morgan fingerprint density at radius 2 is 1.75 bits per heavy atom. The first-order valence-corrected chi connectivity index (χ1v) is 7.51. The van der Waals surface area contributed by atoms with Crippen molar-refractivity contribution in [2.45, 2.75) is 37.6 Å². The van der Waals surface area contributed by atoms with Crippen LogP contribution >= 0.6 is 0 Å². The standard InChI is InChI=1S/C16H21F2NO/c17-14-5-2-6-15(18)16(14)12-3-1-4-13(11-12)19-7-9-20-10-8-19/h2,5-6,12-13H,1,3-4,7-11H2. The molecule has 2 nitrogen and oxygen atoms in total. The van der Waals surface area contributed by atoms with Crippen molar-refractivity contribution in [2.24, 2.45) is 0 Å². The highest BCUT2D eigenvalue weighted by Gasteiger charge is 2.31. The molecule has 4 heteroatoms. The van der Waals surface area contributed by atoms with Gasteiger partial charge in [0.2, 0.25) is 0 Å². The van der Waals surface area contributed by atoms with Gasteiger partial charge in [0.1, 0.15) is 11.6 Å². The molecule has 0 spiro atoms. The second-order valence-electron chi connectivity index (χ2n) is 5.80. The molecular formula is C16H21F2NO. The molecule has 1 aromatic rings. The molecule has 0 bridgehead atoms. The van der Waals surface area contributed by atoms with Crippen LogP contribution < -0.4 is 0 Å². The molecule has 1 saturated carbocycles. The van der Waals surface area contributed by atoms with E-state index in [0.717, 1.165) is 52.0 Å². The minimum atomic E-state index is -0.391. The molecule has 0 amide bonds. The number of benzene rings is 1. The molecule has 20 heavy (non-hydrogen) atoms. The number of halogens is 2. The molecule has 2 fully saturated rings. The Morgan fingerprint density at radius 3 is 2.45 bits per heavy atom. The largest absolute Gasteiger partial charge is 0.379 e. The smallest absolute Gasteiger partial charge is 0.129 e. The Bertz CT molecular complexity index is 440. The quantitative estimate of drug-likeness (QED) is 0.824. The fourth-order valence-corrected chi connectivity index (χ4v) is 3.60. The van der Waals surface area contributed by atoms with Crippen LogP contribution in [0, 0.1) is 11.6 Å². The number of nitrogens with zero attached hydrogens (tertiary/aromatic N) is 1. The fourth-order valence-electron chi connectivity index (χ4n) is 3.60. The third kappa shape index (κ3) is 2.86. The zero-order valence-electron chi connectivity index (χ0n) is 11.7. The van der Waals surface area contributed by atoms with Crippen LogP contribution in [0.1, 0.15) is 37.2 Å². The van der Waals surface area contributed by atoms with Gasteiger partial charge in [-0.15, -0.1) is 0 Å². The lowest BCUT2D eigenvalue weighted by Gasteiger charge is -2.39. The SMILES string of the molecule is Fc1cccc(F)c1C1CCCC(N2CCOCC2)C1. The molecule has 110 valence electrons. The Balaban J connectivity index is 1.74. The summed E-state index contributed by atoms with van der Waals surface area (Å²) in [7, 11) is 0. The van der Waals surface area contributed by atoms with Crippen LogP contribution in [-0.4, -0.2) is 37.2 Å². The predicted molar refractivity (Wildman–Crippen MR) is 73.7 cm³/mol. The summed E-state index contributed by atoms with van der Waals surface area (Å²) >= 11 is 0. The average Bonchev–Trinajstić information content (AvgIpc) is 2.48. The van der Waals surface area contributed by atoms with Crippen LogP contribution in [0.4, 0.5) is 8.78 Å². The summed E-state index contributed by atoms with van der Waals surface area (Å²) in [5.74, 6) is -0.770. The van der Waals surface area contributed by atoms with E-state index in [1.165, 1.54) is 18.2 Å². The average molecular weight is 281 g/mol. The number of rotatable bonds is 2. The first-order valence-electron chi connectivity index (χ1n) is 7.51. The fraction of sp³-hybridized carbons (Fsp3) is 0.625. The van der Waals surface area contributed by atoms with E-state index in [9.17, 15) is 8.78 Å². The van der Waals surface area contributed by atoms with Crippen molar-refractivity contribution in [3.05, 3.63) is 35.4 Å². The molecule has 1 saturated heterocycles. The minimum absolute atomic E-state index is 0.0118. The van der Waals surface area contributed by atoms with E-state index in [0.29, 0.717) is 11.6 Å². The van der Waals surface area contributed by atoms with E-state index >= 15 is 0 Å². The van der Waals surface area contributed by atoms with Crippen molar-refractivity contribution in [1.29, 1.82) is 0 Å². The molecule has 1 aromatic carbocycles. The zero-order valence-corrected chi connectivity index (χ0v) is 11.7. The van der Waals surface area contributed by atoms with E-state index in [1.54, 1.807) is 0 Å². The van der Waals surface area contributed by atoms with Crippen molar-refractivity contribution in [1.82, 2.24) is 4.90 Å². The highest BCUT2D eigenvalue weighted by molar-refractivity contribution is 5.24. The summed E-state index contributed by atoms with van der Waals surface area (Å²) in [6, 6.07) is 4.63. The second-order valence-corrected chi connectivity index (χ2v) is 5.80. The maximum atomic E-state index is 13.9. The van der Waals surface area contributed by atoms with Gasteiger partial charge in [0.15, 0.2) is 0 Å². The summed E-state index contributed by atoms with van der Waals surface area (Å²) < 4.78 is 33.2. The van der Waals surface area contributed by atoms with Crippen LogP contribution in [0.25, 0.3) is 0 Å². The molecule has 1 aliphatic carbocycles. The second kappa shape index (κ2) is 6.19. The molecule has 2 atom stereocenters. The summed E-state index contributed by atoms with van der Waals surface area (Å²) in [6.07, 6.45) is 3.92. The third-order valence-corrected chi connectivity index (χ3v) is 4.62. The summed E-state index contributed by atoms with van der Waals surface area (Å²) in [4.78, 5) is 2.43. The molecule has 0 aromatic heterocycles. The van der Waals surface area contributed by atoms with E-state index in [2.05, 4.69) is 4.90 Å². The Labute approximate surface area is 118 Å². The van der Waals surface area contributed by atoms with Crippen LogP contribution in [0.15, 0.2) is 18.2 Å². The molecule has 3 rings (SSSR count). The highest BCUT2D eigenvalue weighted by atomic mass is 19.1. The van der Waals surface area contributed by atoms with Gasteiger partial charge < -0.3 is 4.74 Å². The van der Waals surface area contributed by atoms with Crippen molar-refractivity contribution in [3.63, 3.8) is 0 Å². The van der Waals surface area contributed by atoms with E-state index in [1.807, 2.05) is 0 Å². The summed E-state index contributed by atoms with van der Waals surface area (Å²) in [6.45, 7) is 3.43. The van der Waals surface area contributed by atoms with E-state index in [-0.39, 0.29) is 5.92 Å². The third-order valence-electron chi connectivity index (χ3n) is 4.62. The lowest BCUT2D eigenvalue weighted by atomic mass is 9.80. The first kappa shape index (κ1) is 14.0. The Morgan fingerprint density at radius 1 is 1.05 bits per heavy atom. The van der Waals surface area contributed by atoms with Crippen molar-refractivity contribution in [3.8, 4) is 0 Å². The van der Waals surface area contributed by atoms with Gasteiger partial charge >= 0.3 is 0 Å². The number of hydrogen-bond acceptors (Lipinski definition) is 2. The Kier molecular flexibility index (Phi) is 4.32. The van der Waals surface area contributed by atoms with Crippen LogP contribution in [0.2, 0.25) is 0 Å². The van der Waals surface area contributed by atoms with Gasteiger partial charge in [-0.1, -0.05) is 12.5 Å². The molecular weight excluding hydrogens is 260 g/mol. The lowest BCUT2D eigenvalue weighted by Crippen LogP contribution is -2.45. The Hall–Kier alpha value is -1.00. The van der Waals surface area contributed by atoms with Crippen molar-refractivity contribution < 1.29 is 13.5 Å². The van der Waals surface area contributed by atoms with Gasteiger partial charge in [0, 0.05) is 24.7 Å². The number of hydrogen-bond donors (Lipinski definition) is 0. The van der Waals surface area contributed by atoms with Gasteiger partial charge in [-0.2, -0.15) is 0 Å². The lowest BCUT2D eigenvalue weighted by molar-refractivity contribution is 0.00635. The van der Waals surface area contributed by atoms with Crippen LogP contribution in [0.5, 0.6) is 0 Å². The number of morpholine rings is 1. The number of ether oxygens (including phenoxy) is 1. The van der Waals surface area contributed by atoms with Gasteiger partial charge in [-0.25, -0.2) is 8.78 Å². The topological polar surface area (TPSA) is 12.5 Å². The molecule has 0 N–H and O–H groups in total. The van der Waals surface area contributed by atoms with Gasteiger partial charge in [0.05, 0.1) is 13.2 Å². The molecule has 1 aliphatic heterocycles. The van der Waals surface area contributed by atoms with Gasteiger partial charge in [-0.05, 0) is 37.3 Å². The molecule has 2 aliphatic rings. The maximum Gasteiger partial charge on any atom is 0.129 e. The minimum Gasteiger partial charge on any atom is -0.379 e. The summed E-state index contributed by atoms with van der Waals surface area (Å²) in [5.41, 5.74) is 0.297. The molecule has 1 heterocycles.